The zero-order valence-corrected chi connectivity index (χ0v) is 26.0. The minimum absolute atomic E-state index is 0.00759. The van der Waals surface area contributed by atoms with Crippen LogP contribution in [0.5, 0.6) is 0 Å². The van der Waals surface area contributed by atoms with Crippen molar-refractivity contribution in [2.24, 2.45) is 118 Å². The van der Waals surface area contributed by atoms with Crippen molar-refractivity contribution >= 4 is 34.7 Å². The van der Waals surface area contributed by atoms with Crippen LogP contribution in [0.2, 0.25) is 0 Å². The van der Waals surface area contributed by atoms with Gasteiger partial charge in [-0.05, 0) is 82.9 Å². The molecule has 0 spiro atoms. The molecule has 8 fully saturated rings. The van der Waals surface area contributed by atoms with Gasteiger partial charge in [0.15, 0.2) is 11.6 Å². The highest BCUT2D eigenvalue weighted by atomic mass is 16.2. The molecule has 0 aromatic carbocycles. The molecule has 0 saturated heterocycles. The fraction of sp³-hybridized carbons (Fsp3) is 0.778. The van der Waals surface area contributed by atoms with Gasteiger partial charge in [-0.15, -0.1) is 0 Å². The van der Waals surface area contributed by atoms with E-state index in [2.05, 4.69) is 41.5 Å². The molecule has 0 amide bonds. The van der Waals surface area contributed by atoms with Crippen molar-refractivity contribution in [3.05, 3.63) is 11.1 Å². The van der Waals surface area contributed by atoms with Gasteiger partial charge in [-0.1, -0.05) is 55.4 Å². The van der Waals surface area contributed by atoms with Crippen molar-refractivity contribution in [2.75, 3.05) is 0 Å². The molecular formula is C36H44O6. The molecule has 8 saturated carbocycles. The van der Waals surface area contributed by atoms with Gasteiger partial charge >= 0.3 is 0 Å². The van der Waals surface area contributed by atoms with E-state index in [1.54, 1.807) is 0 Å². The lowest BCUT2D eigenvalue weighted by atomic mass is 9.51. The van der Waals surface area contributed by atoms with E-state index in [1.807, 2.05) is 13.8 Å². The maximum absolute atomic E-state index is 15.0. The lowest BCUT2D eigenvalue weighted by Crippen LogP contribution is -2.55. The van der Waals surface area contributed by atoms with Gasteiger partial charge in [-0.25, -0.2) is 0 Å². The monoisotopic (exact) mass is 572 g/mol. The van der Waals surface area contributed by atoms with Crippen molar-refractivity contribution in [1.82, 2.24) is 0 Å². The third-order valence-corrected chi connectivity index (χ3v) is 15.8. The first-order valence-corrected chi connectivity index (χ1v) is 16.7. The number of ketones is 6. The molecule has 8 aliphatic carbocycles. The smallest absolute Gasteiger partial charge is 0.202 e. The molecule has 42 heavy (non-hydrogen) atoms. The molecular weight excluding hydrogens is 528 g/mol. The highest BCUT2D eigenvalue weighted by Gasteiger charge is 2.74. The number of rotatable bonds is 0. The van der Waals surface area contributed by atoms with Crippen LogP contribution < -0.4 is 0 Å². The molecule has 224 valence electrons. The maximum atomic E-state index is 15.0. The van der Waals surface area contributed by atoms with Crippen molar-refractivity contribution in [2.45, 2.75) is 55.4 Å². The predicted octanol–water partition coefficient (Wildman–Crippen LogP) is 4.29. The van der Waals surface area contributed by atoms with E-state index in [-0.39, 0.29) is 129 Å². The van der Waals surface area contributed by atoms with Gasteiger partial charge in [-0.3, -0.25) is 28.8 Å². The Hall–Kier alpha value is -2.24. The number of carbonyl (C=O) groups is 6. The zero-order chi connectivity index (χ0) is 30.2. The predicted molar refractivity (Wildman–Crippen MR) is 152 cm³/mol. The first kappa shape index (κ1) is 27.3. The van der Waals surface area contributed by atoms with Crippen molar-refractivity contribution in [3.63, 3.8) is 0 Å². The van der Waals surface area contributed by atoms with Gasteiger partial charge in [0.25, 0.3) is 0 Å². The van der Waals surface area contributed by atoms with Crippen LogP contribution in [0.15, 0.2) is 11.1 Å². The molecule has 0 N–H and O–H groups in total. The minimum atomic E-state index is -0.408. The van der Waals surface area contributed by atoms with Crippen molar-refractivity contribution < 1.29 is 28.8 Å². The van der Waals surface area contributed by atoms with Crippen LogP contribution >= 0.6 is 0 Å². The number of hydrogen-bond acceptors (Lipinski definition) is 6. The minimum Gasteiger partial charge on any atom is -0.294 e. The third kappa shape index (κ3) is 2.69. The summed E-state index contributed by atoms with van der Waals surface area (Å²) in [4.78, 5) is 84.6. The largest absolute Gasteiger partial charge is 0.294 e. The lowest BCUT2D eigenvalue weighted by Gasteiger charge is -2.49. The highest BCUT2D eigenvalue weighted by Crippen LogP contribution is 2.71. The van der Waals surface area contributed by atoms with E-state index in [0.717, 1.165) is 0 Å². The van der Waals surface area contributed by atoms with E-state index in [1.165, 1.54) is 0 Å². The molecule has 8 aliphatic rings. The molecule has 8 rings (SSSR count). The lowest BCUT2D eigenvalue weighted by molar-refractivity contribution is -0.152. The molecule has 6 heteroatoms. The number of hydrogen-bond donors (Lipinski definition) is 0. The Morgan fingerprint density at radius 3 is 0.667 bits per heavy atom. The average Bonchev–Trinajstić information content (AvgIpc) is 3.56. The molecule has 6 nitrogen and oxygen atoms in total. The summed E-state index contributed by atoms with van der Waals surface area (Å²) < 4.78 is 0. The average molecular weight is 573 g/mol. The summed E-state index contributed by atoms with van der Waals surface area (Å²) in [6.07, 6.45) is 0. The molecule has 0 radical (unpaired) electrons. The van der Waals surface area contributed by atoms with E-state index in [9.17, 15) is 19.2 Å². The van der Waals surface area contributed by atoms with Gasteiger partial charge in [0.05, 0.1) is 0 Å². The summed E-state index contributed by atoms with van der Waals surface area (Å²) in [5, 5.41) is 0. The Bertz CT molecular complexity index is 1330. The Morgan fingerprint density at radius 1 is 0.262 bits per heavy atom. The molecule has 0 heterocycles. The van der Waals surface area contributed by atoms with Crippen LogP contribution in [0.3, 0.4) is 0 Å². The Balaban J connectivity index is 1.39. The van der Waals surface area contributed by atoms with Crippen LogP contribution in [-0.4, -0.2) is 34.7 Å². The first-order chi connectivity index (χ1) is 19.7. The summed E-state index contributed by atoms with van der Waals surface area (Å²) in [6.45, 7) is 16.6. The van der Waals surface area contributed by atoms with Gasteiger partial charge in [0, 0.05) is 46.7 Å². The summed E-state index contributed by atoms with van der Waals surface area (Å²) >= 11 is 0. The highest BCUT2D eigenvalue weighted by molar-refractivity contribution is 6.40. The standard InChI is InChI=1S/C36H44O6/c1-9-11(3)21-25-17(9)29(31(37)19-13(5)15(7)23(27(19)25)35(41)33(21)39)30-18-10(2)12(4)22-26(18)28-20(32(30)38)14(6)16(8)24(28)36(42)34(22)40/h9-28H,1-8H3. The molecule has 20 unspecified atom stereocenters. The van der Waals surface area contributed by atoms with Gasteiger partial charge in [-0.2, -0.15) is 0 Å². The maximum Gasteiger partial charge on any atom is 0.202 e. The van der Waals surface area contributed by atoms with E-state index in [0.29, 0.717) is 11.1 Å². The van der Waals surface area contributed by atoms with Crippen LogP contribution in [0.25, 0.3) is 0 Å². The van der Waals surface area contributed by atoms with Gasteiger partial charge in [0.1, 0.15) is 0 Å². The topological polar surface area (TPSA) is 102 Å². The SMILES string of the molecule is CC1C(C)C2C(=O)C(=C3C(=O)C4C(C)C(C)C5C(=O)C(=O)C6C(C)C(C)C3C6C54)C3C(C)C(C)C4C(=O)C(=O)C1C2C43. The van der Waals surface area contributed by atoms with Crippen molar-refractivity contribution in [1.29, 1.82) is 0 Å². The molecule has 0 aromatic heterocycles. The Kier molecular flexibility index (Phi) is 5.38. The van der Waals surface area contributed by atoms with Gasteiger partial charge in [0.2, 0.25) is 23.1 Å². The fourth-order valence-electron chi connectivity index (χ4n) is 13.6. The summed E-state index contributed by atoms with van der Waals surface area (Å²) in [5.41, 5.74) is 1.34. The second-order valence-electron chi connectivity index (χ2n) is 16.4. The molecule has 0 aromatic rings. The second-order valence-corrected chi connectivity index (χ2v) is 16.4. The summed E-state index contributed by atoms with van der Waals surface area (Å²) in [5.74, 6) is -4.52. The second kappa shape index (κ2) is 8.27. The van der Waals surface area contributed by atoms with Crippen LogP contribution in [0, 0.1) is 118 Å². The van der Waals surface area contributed by atoms with Gasteiger partial charge < -0.3 is 0 Å². The van der Waals surface area contributed by atoms with Crippen molar-refractivity contribution in [3.8, 4) is 0 Å². The third-order valence-electron chi connectivity index (χ3n) is 15.8. The first-order valence-electron chi connectivity index (χ1n) is 16.7. The van der Waals surface area contributed by atoms with E-state index < -0.39 is 23.7 Å². The number of allylic oxidation sites excluding steroid dienone is 2. The molecule has 0 aliphatic heterocycles. The number of Topliss-reactive ketones (excluding diaryl/α,β-unsaturated/α-hetero) is 6. The molecule has 0 bridgehead atoms. The zero-order valence-electron chi connectivity index (χ0n) is 26.0. The summed E-state index contributed by atoms with van der Waals surface area (Å²) in [6, 6.07) is 0. The number of carbonyl (C=O) groups excluding carboxylic acids is 6. The van der Waals surface area contributed by atoms with E-state index >= 15 is 9.59 Å². The van der Waals surface area contributed by atoms with Crippen LogP contribution in [0.1, 0.15) is 55.4 Å². The van der Waals surface area contributed by atoms with E-state index in [4.69, 9.17) is 0 Å². The van der Waals surface area contributed by atoms with Crippen LogP contribution in [-0.2, 0) is 28.8 Å². The Labute approximate surface area is 248 Å². The van der Waals surface area contributed by atoms with Crippen LogP contribution in [0.4, 0.5) is 0 Å². The molecule has 20 atom stereocenters. The summed E-state index contributed by atoms with van der Waals surface area (Å²) in [7, 11) is 0. The normalized spacial score (nSPS) is 60.9. The quantitative estimate of drug-likeness (QED) is 0.317. The fourth-order valence-corrected chi connectivity index (χ4v) is 13.6. The Morgan fingerprint density at radius 2 is 0.429 bits per heavy atom.